The van der Waals surface area contributed by atoms with Crippen molar-refractivity contribution in [2.45, 2.75) is 6.92 Å². The molecule has 0 aromatic carbocycles. The van der Waals surface area contributed by atoms with E-state index in [4.69, 9.17) is 0 Å². The normalized spacial score (nSPS) is 9.94. The minimum absolute atomic E-state index is 0.304. The molecule has 0 spiro atoms. The summed E-state index contributed by atoms with van der Waals surface area (Å²) in [4.78, 5) is 29.4. The summed E-state index contributed by atoms with van der Waals surface area (Å²) in [5.74, 6) is 0.149. The summed E-state index contributed by atoms with van der Waals surface area (Å²) in [7, 11) is 0. The number of nitrogens with zero attached hydrogens (tertiary/aromatic N) is 1. The fraction of sp³-hybridized carbons (Fsp3) is 0.0833. The van der Waals surface area contributed by atoms with E-state index in [-0.39, 0.29) is 11.5 Å². The molecule has 2 rings (SSSR count). The standard InChI is InChI=1S/C12H11N3O2/c1-8-3-2-5-14-11(8)15-12(17)9-4-6-13-10(16)7-9/h2-7H,1H3,(H,13,16)(H,14,15,17). The van der Waals surface area contributed by atoms with Gasteiger partial charge in [0, 0.05) is 24.0 Å². The van der Waals surface area contributed by atoms with Crippen LogP contribution in [-0.2, 0) is 0 Å². The Morgan fingerprint density at radius 1 is 1.41 bits per heavy atom. The van der Waals surface area contributed by atoms with Crippen LogP contribution in [-0.4, -0.2) is 15.9 Å². The van der Waals surface area contributed by atoms with Crippen LogP contribution in [0.1, 0.15) is 15.9 Å². The van der Waals surface area contributed by atoms with Gasteiger partial charge in [-0.2, -0.15) is 0 Å². The van der Waals surface area contributed by atoms with Gasteiger partial charge in [-0.15, -0.1) is 0 Å². The molecule has 2 aromatic rings. The first-order valence-corrected chi connectivity index (χ1v) is 5.08. The molecule has 0 aliphatic heterocycles. The summed E-state index contributed by atoms with van der Waals surface area (Å²) in [6, 6.07) is 6.42. The molecule has 0 unspecified atom stereocenters. The largest absolute Gasteiger partial charge is 0.329 e. The average molecular weight is 229 g/mol. The van der Waals surface area contributed by atoms with Gasteiger partial charge >= 0.3 is 0 Å². The maximum absolute atomic E-state index is 11.8. The molecule has 0 aliphatic carbocycles. The topological polar surface area (TPSA) is 74.8 Å². The SMILES string of the molecule is Cc1cccnc1NC(=O)c1cc[nH]c(=O)c1. The van der Waals surface area contributed by atoms with Gasteiger partial charge in [0.05, 0.1) is 0 Å². The minimum atomic E-state index is -0.349. The number of aryl methyl sites for hydroxylation is 1. The minimum Gasteiger partial charge on any atom is -0.329 e. The van der Waals surface area contributed by atoms with Gasteiger partial charge in [-0.25, -0.2) is 4.98 Å². The first kappa shape index (κ1) is 11.1. The second-order valence-corrected chi connectivity index (χ2v) is 3.56. The molecular weight excluding hydrogens is 218 g/mol. The number of carbonyl (C=O) groups excluding carboxylic acids is 1. The van der Waals surface area contributed by atoms with E-state index in [1.807, 2.05) is 13.0 Å². The molecule has 0 bridgehead atoms. The Kier molecular flexibility index (Phi) is 3.00. The van der Waals surface area contributed by atoms with Crippen LogP contribution in [0.3, 0.4) is 0 Å². The number of anilines is 1. The highest BCUT2D eigenvalue weighted by Crippen LogP contribution is 2.10. The van der Waals surface area contributed by atoms with Crippen molar-refractivity contribution in [2.75, 3.05) is 5.32 Å². The van der Waals surface area contributed by atoms with E-state index in [1.54, 1.807) is 12.3 Å². The zero-order valence-corrected chi connectivity index (χ0v) is 9.23. The third-order valence-electron chi connectivity index (χ3n) is 2.28. The first-order valence-electron chi connectivity index (χ1n) is 5.08. The van der Waals surface area contributed by atoms with Crippen molar-refractivity contribution in [3.63, 3.8) is 0 Å². The van der Waals surface area contributed by atoms with E-state index in [1.165, 1.54) is 18.3 Å². The van der Waals surface area contributed by atoms with Crippen LogP contribution in [0.25, 0.3) is 0 Å². The van der Waals surface area contributed by atoms with Gasteiger partial charge in [0.1, 0.15) is 5.82 Å². The third-order valence-corrected chi connectivity index (χ3v) is 2.28. The number of H-pyrrole nitrogens is 1. The summed E-state index contributed by atoms with van der Waals surface area (Å²) in [5.41, 5.74) is 0.861. The summed E-state index contributed by atoms with van der Waals surface area (Å²) in [6.45, 7) is 1.85. The molecule has 2 aromatic heterocycles. The van der Waals surface area contributed by atoms with E-state index < -0.39 is 0 Å². The van der Waals surface area contributed by atoms with Gasteiger partial charge in [-0.1, -0.05) is 6.07 Å². The van der Waals surface area contributed by atoms with Crippen molar-refractivity contribution in [1.82, 2.24) is 9.97 Å². The van der Waals surface area contributed by atoms with Crippen LogP contribution in [0.2, 0.25) is 0 Å². The quantitative estimate of drug-likeness (QED) is 0.815. The van der Waals surface area contributed by atoms with E-state index in [2.05, 4.69) is 15.3 Å². The highest BCUT2D eigenvalue weighted by molar-refractivity contribution is 6.03. The van der Waals surface area contributed by atoms with E-state index in [9.17, 15) is 9.59 Å². The summed E-state index contributed by atoms with van der Waals surface area (Å²) in [6.07, 6.45) is 3.03. The van der Waals surface area contributed by atoms with Crippen molar-refractivity contribution in [2.24, 2.45) is 0 Å². The molecule has 5 nitrogen and oxygen atoms in total. The van der Waals surface area contributed by atoms with Gasteiger partial charge in [0.15, 0.2) is 0 Å². The number of aromatic nitrogens is 2. The maximum Gasteiger partial charge on any atom is 0.257 e. The number of hydrogen-bond donors (Lipinski definition) is 2. The number of hydrogen-bond acceptors (Lipinski definition) is 3. The Balaban J connectivity index is 2.23. The summed E-state index contributed by atoms with van der Waals surface area (Å²) in [5, 5.41) is 2.65. The molecule has 0 fully saturated rings. The lowest BCUT2D eigenvalue weighted by Crippen LogP contribution is -2.16. The predicted molar refractivity (Wildman–Crippen MR) is 64.0 cm³/mol. The lowest BCUT2D eigenvalue weighted by molar-refractivity contribution is 0.102. The van der Waals surface area contributed by atoms with Gasteiger partial charge in [0.25, 0.3) is 5.91 Å². The number of pyridine rings is 2. The second kappa shape index (κ2) is 4.61. The molecular formula is C12H11N3O2. The highest BCUT2D eigenvalue weighted by Gasteiger charge is 2.08. The smallest absolute Gasteiger partial charge is 0.257 e. The van der Waals surface area contributed by atoms with Crippen LogP contribution in [0.5, 0.6) is 0 Å². The molecule has 0 saturated heterocycles. The zero-order chi connectivity index (χ0) is 12.3. The van der Waals surface area contributed by atoms with Crippen LogP contribution < -0.4 is 10.9 Å². The lowest BCUT2D eigenvalue weighted by Gasteiger charge is -2.06. The van der Waals surface area contributed by atoms with Gasteiger partial charge < -0.3 is 10.3 Å². The first-order chi connectivity index (χ1) is 8.16. The van der Waals surface area contributed by atoms with E-state index in [0.717, 1.165) is 5.56 Å². The molecule has 2 N–H and O–H groups in total. The molecule has 5 heteroatoms. The average Bonchev–Trinajstić information content (AvgIpc) is 2.32. The molecule has 0 atom stereocenters. The van der Waals surface area contributed by atoms with Crippen LogP contribution in [0.15, 0.2) is 41.5 Å². The number of rotatable bonds is 2. The van der Waals surface area contributed by atoms with Gasteiger partial charge in [0.2, 0.25) is 5.56 Å². The van der Waals surface area contributed by atoms with Crippen molar-refractivity contribution < 1.29 is 4.79 Å². The van der Waals surface area contributed by atoms with E-state index in [0.29, 0.717) is 11.4 Å². The zero-order valence-electron chi connectivity index (χ0n) is 9.23. The molecule has 17 heavy (non-hydrogen) atoms. The number of amides is 1. The summed E-state index contributed by atoms with van der Waals surface area (Å²) < 4.78 is 0. The molecule has 0 aliphatic rings. The fourth-order valence-electron chi connectivity index (χ4n) is 1.38. The molecule has 86 valence electrons. The lowest BCUT2D eigenvalue weighted by atomic mass is 10.2. The van der Waals surface area contributed by atoms with Crippen molar-refractivity contribution in [1.29, 1.82) is 0 Å². The second-order valence-electron chi connectivity index (χ2n) is 3.56. The Labute approximate surface area is 97.5 Å². The van der Waals surface area contributed by atoms with Crippen LogP contribution in [0, 0.1) is 6.92 Å². The Morgan fingerprint density at radius 3 is 2.94 bits per heavy atom. The summed E-state index contributed by atoms with van der Waals surface area (Å²) >= 11 is 0. The number of carbonyl (C=O) groups is 1. The molecule has 1 amide bonds. The van der Waals surface area contributed by atoms with Crippen LogP contribution >= 0.6 is 0 Å². The fourth-order valence-corrected chi connectivity index (χ4v) is 1.38. The molecule has 0 saturated carbocycles. The van der Waals surface area contributed by atoms with Gasteiger partial charge in [-0.05, 0) is 24.6 Å². The highest BCUT2D eigenvalue weighted by atomic mass is 16.2. The molecule has 0 radical (unpaired) electrons. The monoisotopic (exact) mass is 229 g/mol. The van der Waals surface area contributed by atoms with Crippen LogP contribution in [0.4, 0.5) is 5.82 Å². The van der Waals surface area contributed by atoms with Crippen molar-refractivity contribution in [3.05, 3.63) is 58.1 Å². The Hall–Kier alpha value is -2.43. The van der Waals surface area contributed by atoms with Crippen molar-refractivity contribution >= 4 is 11.7 Å². The third kappa shape index (κ3) is 2.57. The predicted octanol–water partition coefficient (Wildman–Crippen LogP) is 1.33. The number of nitrogens with one attached hydrogen (secondary N) is 2. The Bertz CT molecular complexity index is 604. The van der Waals surface area contributed by atoms with E-state index >= 15 is 0 Å². The maximum atomic E-state index is 11.8. The number of aromatic amines is 1. The van der Waals surface area contributed by atoms with Gasteiger partial charge in [-0.3, -0.25) is 9.59 Å². The molecule has 2 heterocycles. The van der Waals surface area contributed by atoms with Crippen molar-refractivity contribution in [3.8, 4) is 0 Å². The Morgan fingerprint density at radius 2 is 2.24 bits per heavy atom.